The molecule has 3 heterocycles. The lowest BCUT2D eigenvalue weighted by Gasteiger charge is -2.33. The van der Waals surface area contributed by atoms with E-state index in [-0.39, 0.29) is 6.10 Å². The first kappa shape index (κ1) is 23.3. The van der Waals surface area contributed by atoms with Gasteiger partial charge < -0.3 is 20.3 Å². The van der Waals surface area contributed by atoms with E-state index in [1.165, 1.54) is 16.7 Å². The normalized spacial score (nSPS) is 22.7. The number of piperazine rings is 1. The topological polar surface area (TPSA) is 78.2 Å². The fourth-order valence-electron chi connectivity index (χ4n) is 5.42. The van der Waals surface area contributed by atoms with Gasteiger partial charge in [-0.2, -0.15) is 4.98 Å². The van der Waals surface area contributed by atoms with E-state index in [2.05, 4.69) is 69.4 Å². The third-order valence-electron chi connectivity index (χ3n) is 7.57. The summed E-state index contributed by atoms with van der Waals surface area (Å²) < 4.78 is 2.34. The molecule has 0 amide bonds. The van der Waals surface area contributed by atoms with Crippen LogP contribution in [0, 0.1) is 0 Å². The zero-order valence-corrected chi connectivity index (χ0v) is 20.5. The molecule has 34 heavy (non-hydrogen) atoms. The van der Waals surface area contributed by atoms with Crippen molar-refractivity contribution in [1.82, 2.24) is 24.8 Å². The lowest BCUT2D eigenvalue weighted by molar-refractivity contribution is 0.111. The number of nitrogens with one attached hydrogen (secondary N) is 2. The molecule has 1 saturated heterocycles. The van der Waals surface area contributed by atoms with Crippen molar-refractivity contribution < 1.29 is 5.11 Å². The third kappa shape index (κ3) is 4.83. The van der Waals surface area contributed by atoms with Gasteiger partial charge in [-0.1, -0.05) is 31.2 Å². The van der Waals surface area contributed by atoms with Crippen LogP contribution in [0.3, 0.4) is 0 Å². The predicted octanol–water partition coefficient (Wildman–Crippen LogP) is 4.36. The molecule has 7 nitrogen and oxygen atoms in total. The van der Waals surface area contributed by atoms with Crippen molar-refractivity contribution in [1.29, 1.82) is 0 Å². The fraction of sp³-hybridized carbons (Fsp3) is 0.556. The summed E-state index contributed by atoms with van der Waals surface area (Å²) in [4.78, 5) is 12.1. The van der Waals surface area contributed by atoms with Crippen LogP contribution in [0.4, 0.5) is 5.95 Å². The highest BCUT2D eigenvalue weighted by Gasteiger charge is 2.24. The highest BCUT2D eigenvalue weighted by atomic mass is 16.3. The van der Waals surface area contributed by atoms with Gasteiger partial charge in [0.05, 0.1) is 6.10 Å². The van der Waals surface area contributed by atoms with Gasteiger partial charge in [-0.15, -0.1) is 0 Å². The van der Waals surface area contributed by atoms with Crippen LogP contribution in [0.2, 0.25) is 0 Å². The van der Waals surface area contributed by atoms with Crippen LogP contribution in [0.5, 0.6) is 0 Å². The quantitative estimate of drug-likeness (QED) is 0.484. The maximum Gasteiger partial charge on any atom is 0.224 e. The number of aliphatic hydroxyl groups is 1. The van der Waals surface area contributed by atoms with Crippen LogP contribution in [0.1, 0.15) is 63.6 Å². The van der Waals surface area contributed by atoms with Crippen molar-refractivity contribution in [2.24, 2.45) is 0 Å². The lowest BCUT2D eigenvalue weighted by atomic mass is 9.93. The number of hydrogen-bond acceptors (Lipinski definition) is 6. The van der Waals surface area contributed by atoms with Crippen molar-refractivity contribution in [3.63, 3.8) is 0 Å². The number of aromatic nitrogens is 3. The Hall–Kier alpha value is -2.48. The van der Waals surface area contributed by atoms with Gasteiger partial charge in [-0.25, -0.2) is 4.98 Å². The van der Waals surface area contributed by atoms with E-state index in [1.807, 2.05) is 6.20 Å². The van der Waals surface area contributed by atoms with Crippen molar-refractivity contribution >= 4 is 17.0 Å². The highest BCUT2D eigenvalue weighted by Crippen LogP contribution is 2.37. The molecular formula is C27H38N6O. The van der Waals surface area contributed by atoms with E-state index in [9.17, 15) is 5.11 Å². The summed E-state index contributed by atoms with van der Waals surface area (Å²) in [5, 5.41) is 17.9. The minimum Gasteiger partial charge on any atom is -0.393 e. The van der Waals surface area contributed by atoms with Gasteiger partial charge in [0, 0.05) is 68.2 Å². The summed E-state index contributed by atoms with van der Waals surface area (Å²) >= 11 is 0. The summed E-state index contributed by atoms with van der Waals surface area (Å²) in [5.41, 5.74) is 4.74. The molecule has 0 spiro atoms. The molecule has 0 radical (unpaired) electrons. The second-order valence-corrected chi connectivity index (χ2v) is 9.85. The van der Waals surface area contributed by atoms with Gasteiger partial charge >= 0.3 is 0 Å². The van der Waals surface area contributed by atoms with Crippen LogP contribution in [-0.4, -0.2) is 63.4 Å². The molecule has 2 fully saturated rings. The molecule has 1 saturated carbocycles. The third-order valence-corrected chi connectivity index (χ3v) is 7.57. The van der Waals surface area contributed by atoms with Crippen molar-refractivity contribution in [2.45, 2.75) is 64.1 Å². The Morgan fingerprint density at radius 3 is 2.56 bits per heavy atom. The number of nitrogens with zero attached hydrogens (tertiary/aromatic N) is 4. The summed E-state index contributed by atoms with van der Waals surface area (Å²) in [6.45, 7) is 9.64. The van der Waals surface area contributed by atoms with Gasteiger partial charge in [0.2, 0.25) is 5.95 Å². The van der Waals surface area contributed by atoms with E-state index in [0.29, 0.717) is 18.0 Å². The van der Waals surface area contributed by atoms with E-state index in [4.69, 9.17) is 4.98 Å². The zero-order chi connectivity index (χ0) is 23.5. The van der Waals surface area contributed by atoms with Crippen molar-refractivity contribution in [3.8, 4) is 11.1 Å². The lowest BCUT2D eigenvalue weighted by Crippen LogP contribution is -2.44. The van der Waals surface area contributed by atoms with Crippen molar-refractivity contribution in [3.05, 3.63) is 42.2 Å². The zero-order valence-electron chi connectivity index (χ0n) is 20.5. The van der Waals surface area contributed by atoms with E-state index < -0.39 is 0 Å². The minimum absolute atomic E-state index is 0.167. The summed E-state index contributed by atoms with van der Waals surface area (Å²) in [6.07, 6.45) is 8.77. The maximum absolute atomic E-state index is 10.0. The molecule has 3 aromatic rings. The van der Waals surface area contributed by atoms with Gasteiger partial charge in [0.1, 0.15) is 5.65 Å². The molecule has 1 aromatic carbocycles. The second-order valence-electron chi connectivity index (χ2n) is 9.85. The SMILES string of the molecule is CCCNc1ncc2c(-c3ccc(C(C)N4CCNCC4)cc3)cn(C3CCC(O)CC3)c2n1. The Morgan fingerprint density at radius 1 is 1.12 bits per heavy atom. The fourth-order valence-corrected chi connectivity index (χ4v) is 5.42. The molecular weight excluding hydrogens is 424 g/mol. The molecule has 2 aliphatic rings. The standard InChI is InChI=1S/C27H38N6O/c1-3-12-29-27-30-17-24-25(18-33(26(24)31-27)22-8-10-23(34)11-9-22)21-6-4-20(5-7-21)19(2)32-15-13-28-14-16-32/h4-7,17-19,22-23,28,34H,3,8-16H2,1-2H3,(H,29,30,31). The van der Waals surface area contributed by atoms with E-state index in [1.54, 1.807) is 0 Å². The Kier molecular flexibility index (Phi) is 7.13. The molecule has 1 aliphatic heterocycles. The van der Waals surface area contributed by atoms with Gasteiger partial charge in [-0.05, 0) is 50.2 Å². The van der Waals surface area contributed by atoms with E-state index >= 15 is 0 Å². The smallest absolute Gasteiger partial charge is 0.224 e. The Morgan fingerprint density at radius 2 is 1.85 bits per heavy atom. The van der Waals surface area contributed by atoms with Gasteiger partial charge in [0.15, 0.2) is 0 Å². The number of rotatable bonds is 7. The minimum atomic E-state index is -0.167. The molecule has 7 heteroatoms. The van der Waals surface area contributed by atoms with Crippen LogP contribution in [0.25, 0.3) is 22.2 Å². The molecule has 1 atom stereocenters. The number of aliphatic hydroxyl groups excluding tert-OH is 1. The summed E-state index contributed by atoms with van der Waals surface area (Å²) in [6, 6.07) is 9.84. The second kappa shape index (κ2) is 10.4. The number of hydrogen-bond donors (Lipinski definition) is 3. The van der Waals surface area contributed by atoms with E-state index in [0.717, 1.165) is 75.9 Å². The summed E-state index contributed by atoms with van der Waals surface area (Å²) in [5.74, 6) is 0.691. The van der Waals surface area contributed by atoms with Crippen molar-refractivity contribution in [2.75, 3.05) is 38.0 Å². The van der Waals surface area contributed by atoms with Gasteiger partial charge in [0.25, 0.3) is 0 Å². The first-order valence-corrected chi connectivity index (χ1v) is 13.0. The molecule has 0 bridgehead atoms. The Balaban J connectivity index is 1.47. The number of anilines is 1. The molecule has 182 valence electrons. The molecule has 1 unspecified atom stereocenters. The Labute approximate surface area is 202 Å². The monoisotopic (exact) mass is 462 g/mol. The number of benzene rings is 1. The van der Waals surface area contributed by atoms with Crippen LogP contribution < -0.4 is 10.6 Å². The predicted molar refractivity (Wildman–Crippen MR) is 138 cm³/mol. The van der Waals surface area contributed by atoms with Gasteiger partial charge in [-0.3, -0.25) is 4.90 Å². The maximum atomic E-state index is 10.0. The summed E-state index contributed by atoms with van der Waals surface area (Å²) in [7, 11) is 0. The average molecular weight is 463 g/mol. The first-order valence-electron chi connectivity index (χ1n) is 13.0. The molecule has 2 aromatic heterocycles. The first-order chi connectivity index (χ1) is 16.6. The highest BCUT2D eigenvalue weighted by molar-refractivity contribution is 5.94. The van der Waals surface area contributed by atoms with Crippen LogP contribution >= 0.6 is 0 Å². The average Bonchev–Trinajstić information content (AvgIpc) is 3.27. The molecule has 1 aliphatic carbocycles. The number of fused-ring (bicyclic) bond motifs is 1. The largest absolute Gasteiger partial charge is 0.393 e. The molecule has 5 rings (SSSR count). The molecule has 3 N–H and O–H groups in total. The van der Waals surface area contributed by atoms with Crippen LogP contribution in [-0.2, 0) is 0 Å². The van der Waals surface area contributed by atoms with Crippen LogP contribution in [0.15, 0.2) is 36.7 Å². The Bertz CT molecular complexity index is 1080.